The molecule has 5 rings (SSSR count). The molecule has 1 aromatic carbocycles. The van der Waals surface area contributed by atoms with E-state index in [2.05, 4.69) is 50.4 Å². The molecular weight excluding hydrogens is 414 g/mol. The fourth-order valence-electron chi connectivity index (χ4n) is 4.81. The molecule has 33 heavy (non-hydrogen) atoms. The normalized spacial score (nSPS) is 17.5. The zero-order chi connectivity index (χ0) is 23.2. The Bertz CT molecular complexity index is 1240. The Balaban J connectivity index is 1.50. The van der Waals surface area contributed by atoms with E-state index in [1.54, 1.807) is 0 Å². The van der Waals surface area contributed by atoms with Crippen molar-refractivity contribution in [3.05, 3.63) is 52.8 Å². The van der Waals surface area contributed by atoms with Gasteiger partial charge in [-0.1, -0.05) is 12.1 Å². The van der Waals surface area contributed by atoms with Crippen LogP contribution in [0, 0.1) is 23.7 Å². The maximum atomic E-state index is 9.41. The van der Waals surface area contributed by atoms with E-state index in [9.17, 15) is 5.26 Å². The Morgan fingerprint density at radius 2 is 2.03 bits per heavy atom. The second-order valence-corrected chi connectivity index (χ2v) is 9.67. The van der Waals surface area contributed by atoms with Crippen LogP contribution in [0.2, 0.25) is 0 Å². The van der Waals surface area contributed by atoms with Crippen LogP contribution in [0.15, 0.2) is 30.5 Å². The Labute approximate surface area is 194 Å². The molecule has 8 nitrogen and oxygen atoms in total. The number of hydrogen-bond donors (Lipinski definition) is 1. The first kappa shape index (κ1) is 21.6. The van der Waals surface area contributed by atoms with E-state index in [1.807, 2.05) is 39.3 Å². The number of nitrogens with one attached hydrogen (secondary N) is 1. The van der Waals surface area contributed by atoms with E-state index >= 15 is 0 Å². The van der Waals surface area contributed by atoms with Gasteiger partial charge >= 0.3 is 0 Å². The number of benzene rings is 1. The minimum atomic E-state index is -0.0356. The molecule has 2 aliphatic rings. The molecule has 2 saturated heterocycles. The van der Waals surface area contributed by atoms with Gasteiger partial charge in [-0.2, -0.15) is 10.4 Å². The van der Waals surface area contributed by atoms with E-state index in [-0.39, 0.29) is 6.04 Å². The molecule has 170 valence electrons. The van der Waals surface area contributed by atoms with Gasteiger partial charge in [0.2, 0.25) is 0 Å². The Hall–Kier alpha value is -3.28. The van der Waals surface area contributed by atoms with Crippen molar-refractivity contribution in [2.75, 3.05) is 50.6 Å². The van der Waals surface area contributed by atoms with Crippen molar-refractivity contribution in [2.24, 2.45) is 5.41 Å². The smallest absolute Gasteiger partial charge is 0.157 e. The molecule has 2 fully saturated rings. The van der Waals surface area contributed by atoms with Crippen molar-refractivity contribution in [3.63, 3.8) is 0 Å². The number of hydrogen-bond acceptors (Lipinski definition) is 8. The van der Waals surface area contributed by atoms with Gasteiger partial charge in [-0.3, -0.25) is 0 Å². The van der Waals surface area contributed by atoms with Crippen LogP contribution in [-0.4, -0.2) is 60.5 Å². The number of anilines is 2. The van der Waals surface area contributed by atoms with Crippen molar-refractivity contribution in [2.45, 2.75) is 26.4 Å². The minimum absolute atomic E-state index is 0.0356. The highest BCUT2D eigenvalue weighted by atomic mass is 16.5. The molecule has 0 amide bonds. The summed E-state index contributed by atoms with van der Waals surface area (Å²) in [6, 6.07) is 10.2. The fraction of sp³-hybridized carbons (Fsp3) is 0.440. The molecule has 8 heteroatoms. The molecule has 0 aliphatic carbocycles. The Kier molecular flexibility index (Phi) is 5.39. The van der Waals surface area contributed by atoms with Crippen LogP contribution >= 0.6 is 0 Å². The quantitative estimate of drug-likeness (QED) is 0.621. The zero-order valence-electron chi connectivity index (χ0n) is 19.6. The molecule has 0 radical (unpaired) electrons. The summed E-state index contributed by atoms with van der Waals surface area (Å²) in [7, 11) is 4.05. The third-order valence-corrected chi connectivity index (χ3v) is 6.70. The van der Waals surface area contributed by atoms with Crippen molar-refractivity contribution in [3.8, 4) is 6.07 Å². The topological polar surface area (TPSA) is 90.2 Å². The molecule has 3 aromatic rings. The third-order valence-electron chi connectivity index (χ3n) is 6.70. The summed E-state index contributed by atoms with van der Waals surface area (Å²) in [5, 5.41) is 24.1. The summed E-state index contributed by atoms with van der Waals surface area (Å²) in [5.41, 5.74) is 3.98. The highest BCUT2D eigenvalue weighted by Gasteiger charge is 2.49. The molecule has 2 aromatic heterocycles. The van der Waals surface area contributed by atoms with Gasteiger partial charge < -0.3 is 19.9 Å². The second-order valence-electron chi connectivity index (χ2n) is 9.67. The summed E-state index contributed by atoms with van der Waals surface area (Å²) in [6.07, 6.45) is 1.93. The van der Waals surface area contributed by atoms with Crippen molar-refractivity contribution < 1.29 is 4.74 Å². The zero-order valence-corrected chi connectivity index (χ0v) is 19.6. The first-order chi connectivity index (χ1) is 15.9. The van der Waals surface area contributed by atoms with Crippen LogP contribution in [0.4, 0.5) is 11.6 Å². The summed E-state index contributed by atoms with van der Waals surface area (Å²) < 4.78 is 5.42. The van der Waals surface area contributed by atoms with Gasteiger partial charge in [0.05, 0.1) is 42.0 Å². The summed E-state index contributed by atoms with van der Waals surface area (Å²) in [6.45, 7) is 8.42. The van der Waals surface area contributed by atoms with Crippen LogP contribution in [0.5, 0.6) is 0 Å². The predicted octanol–water partition coefficient (Wildman–Crippen LogP) is 3.28. The molecular formula is C25H29N7O. The standard InChI is InChI=1S/C25H29N7O/c1-16-18(9-26)6-5-7-19(16)17(2)28-24-20-8-23(32-12-25(13-32)14-33-15-25)27-10-21(20)22(29-30-24)11-31(3)4/h5-8,10,17H,11-15H2,1-4H3,(H,28,30)/t17-/m1/s1. The number of fused-ring (bicyclic) bond motifs is 1. The number of pyridine rings is 1. The number of aromatic nitrogens is 3. The van der Waals surface area contributed by atoms with Gasteiger partial charge in [0.15, 0.2) is 5.82 Å². The third kappa shape index (κ3) is 3.88. The van der Waals surface area contributed by atoms with E-state index in [0.29, 0.717) is 17.5 Å². The van der Waals surface area contributed by atoms with E-state index in [4.69, 9.17) is 9.72 Å². The van der Waals surface area contributed by atoms with E-state index in [1.165, 1.54) is 0 Å². The molecule has 0 saturated carbocycles. The van der Waals surface area contributed by atoms with Gasteiger partial charge in [0.25, 0.3) is 0 Å². The highest BCUT2D eigenvalue weighted by Crippen LogP contribution is 2.40. The van der Waals surface area contributed by atoms with Crippen LogP contribution in [-0.2, 0) is 11.3 Å². The lowest BCUT2D eigenvalue weighted by molar-refractivity contribution is -0.127. The van der Waals surface area contributed by atoms with Crippen LogP contribution in [0.3, 0.4) is 0 Å². The fourth-order valence-corrected chi connectivity index (χ4v) is 4.81. The molecule has 1 N–H and O–H groups in total. The maximum absolute atomic E-state index is 9.41. The van der Waals surface area contributed by atoms with Crippen LogP contribution in [0.1, 0.15) is 35.3 Å². The van der Waals surface area contributed by atoms with Crippen molar-refractivity contribution >= 4 is 22.4 Å². The number of nitriles is 1. The molecule has 4 heterocycles. The Morgan fingerprint density at radius 3 is 2.70 bits per heavy atom. The summed E-state index contributed by atoms with van der Waals surface area (Å²) >= 11 is 0. The first-order valence-electron chi connectivity index (χ1n) is 11.3. The molecule has 2 aliphatic heterocycles. The lowest BCUT2D eigenvalue weighted by Crippen LogP contribution is -2.66. The van der Waals surface area contributed by atoms with Gasteiger partial charge in [0.1, 0.15) is 5.82 Å². The van der Waals surface area contributed by atoms with Gasteiger partial charge in [0, 0.05) is 36.6 Å². The second kappa shape index (κ2) is 8.25. The first-order valence-corrected chi connectivity index (χ1v) is 11.3. The van der Waals surface area contributed by atoms with Crippen LogP contribution in [0.25, 0.3) is 10.8 Å². The van der Waals surface area contributed by atoms with E-state index < -0.39 is 0 Å². The predicted molar refractivity (Wildman–Crippen MR) is 128 cm³/mol. The lowest BCUT2D eigenvalue weighted by atomic mass is 9.78. The van der Waals surface area contributed by atoms with Gasteiger partial charge in [-0.05, 0) is 51.2 Å². The van der Waals surface area contributed by atoms with E-state index in [0.717, 1.165) is 65.5 Å². The van der Waals surface area contributed by atoms with Crippen molar-refractivity contribution in [1.29, 1.82) is 5.26 Å². The monoisotopic (exact) mass is 443 g/mol. The van der Waals surface area contributed by atoms with Crippen LogP contribution < -0.4 is 10.2 Å². The molecule has 1 atom stereocenters. The molecule has 1 spiro atoms. The largest absolute Gasteiger partial charge is 0.380 e. The van der Waals surface area contributed by atoms with Crippen molar-refractivity contribution in [1.82, 2.24) is 20.1 Å². The molecule has 0 unspecified atom stereocenters. The maximum Gasteiger partial charge on any atom is 0.157 e. The minimum Gasteiger partial charge on any atom is -0.380 e. The average Bonchev–Trinajstić information content (AvgIpc) is 2.73. The van der Waals surface area contributed by atoms with Gasteiger partial charge in [-0.25, -0.2) is 4.98 Å². The number of rotatable bonds is 6. The summed E-state index contributed by atoms with van der Waals surface area (Å²) in [5.74, 6) is 1.69. The molecule has 0 bridgehead atoms. The lowest BCUT2D eigenvalue weighted by Gasteiger charge is -2.55. The summed E-state index contributed by atoms with van der Waals surface area (Å²) in [4.78, 5) is 9.16. The van der Waals surface area contributed by atoms with Gasteiger partial charge in [-0.15, -0.1) is 5.10 Å². The Morgan fingerprint density at radius 1 is 1.24 bits per heavy atom. The SMILES string of the molecule is Cc1c(C#N)cccc1[C@@H](C)Nc1nnc(CN(C)C)c2cnc(N3CC4(COC4)C3)cc12. The number of ether oxygens (including phenoxy) is 1. The number of nitrogens with zero attached hydrogens (tertiary/aromatic N) is 6. The average molecular weight is 444 g/mol. The highest BCUT2D eigenvalue weighted by molar-refractivity contribution is 5.94.